The standard InChI is InChI=1S/C11H9Cl2N3/c1-2-9-14-10(16-11(13)15-9)7-4-3-5-8(12)6-7/h3-6H,2H2,1H3. The van der Waals surface area contributed by atoms with Gasteiger partial charge < -0.3 is 0 Å². The molecular formula is C11H9Cl2N3. The maximum Gasteiger partial charge on any atom is 0.226 e. The zero-order chi connectivity index (χ0) is 11.5. The minimum absolute atomic E-state index is 0.210. The van der Waals surface area contributed by atoms with Crippen LogP contribution in [0.5, 0.6) is 0 Å². The monoisotopic (exact) mass is 253 g/mol. The molecule has 1 aromatic heterocycles. The van der Waals surface area contributed by atoms with Crippen molar-refractivity contribution in [2.75, 3.05) is 0 Å². The molecule has 16 heavy (non-hydrogen) atoms. The van der Waals surface area contributed by atoms with Gasteiger partial charge in [-0.25, -0.2) is 9.97 Å². The van der Waals surface area contributed by atoms with E-state index >= 15 is 0 Å². The molecule has 0 unspecified atom stereocenters. The fourth-order valence-electron chi connectivity index (χ4n) is 1.31. The van der Waals surface area contributed by atoms with E-state index in [4.69, 9.17) is 23.2 Å². The van der Waals surface area contributed by atoms with Crippen LogP contribution in [0.4, 0.5) is 0 Å². The van der Waals surface area contributed by atoms with Crippen molar-refractivity contribution in [3.05, 3.63) is 40.4 Å². The minimum atomic E-state index is 0.210. The molecule has 3 nitrogen and oxygen atoms in total. The van der Waals surface area contributed by atoms with Crippen molar-refractivity contribution in [1.82, 2.24) is 15.0 Å². The lowest BCUT2D eigenvalue weighted by Gasteiger charge is -2.03. The lowest BCUT2D eigenvalue weighted by molar-refractivity contribution is 0.904. The molecular weight excluding hydrogens is 245 g/mol. The Bertz CT molecular complexity index is 514. The van der Waals surface area contributed by atoms with E-state index in [0.29, 0.717) is 16.7 Å². The largest absolute Gasteiger partial charge is 0.226 e. The van der Waals surface area contributed by atoms with Crippen LogP contribution >= 0.6 is 23.2 Å². The normalized spacial score (nSPS) is 10.4. The van der Waals surface area contributed by atoms with Crippen molar-refractivity contribution in [1.29, 1.82) is 0 Å². The summed E-state index contributed by atoms with van der Waals surface area (Å²) < 4.78 is 0. The predicted molar refractivity (Wildman–Crippen MR) is 64.7 cm³/mol. The molecule has 0 spiro atoms. The van der Waals surface area contributed by atoms with E-state index in [1.54, 1.807) is 12.1 Å². The molecule has 0 atom stereocenters. The topological polar surface area (TPSA) is 38.7 Å². The van der Waals surface area contributed by atoms with E-state index in [2.05, 4.69) is 15.0 Å². The maximum atomic E-state index is 5.90. The van der Waals surface area contributed by atoms with Crippen molar-refractivity contribution in [2.24, 2.45) is 0 Å². The molecule has 0 aliphatic heterocycles. The third kappa shape index (κ3) is 2.49. The van der Waals surface area contributed by atoms with Crippen LogP contribution in [0.25, 0.3) is 11.4 Å². The second kappa shape index (κ2) is 4.76. The Morgan fingerprint density at radius 2 is 1.94 bits per heavy atom. The highest BCUT2D eigenvalue weighted by Gasteiger charge is 2.06. The summed E-state index contributed by atoms with van der Waals surface area (Å²) in [5.74, 6) is 1.23. The van der Waals surface area contributed by atoms with Gasteiger partial charge in [0.05, 0.1) is 0 Å². The Morgan fingerprint density at radius 1 is 1.12 bits per heavy atom. The van der Waals surface area contributed by atoms with Crippen molar-refractivity contribution in [3.63, 3.8) is 0 Å². The van der Waals surface area contributed by atoms with E-state index in [-0.39, 0.29) is 5.28 Å². The molecule has 0 amide bonds. The maximum absolute atomic E-state index is 5.90. The summed E-state index contributed by atoms with van der Waals surface area (Å²) in [6.45, 7) is 1.97. The molecule has 0 N–H and O–H groups in total. The van der Waals surface area contributed by atoms with E-state index in [1.165, 1.54) is 0 Å². The Labute approximate surface area is 103 Å². The summed E-state index contributed by atoms with van der Waals surface area (Å²) >= 11 is 11.7. The van der Waals surface area contributed by atoms with Crippen molar-refractivity contribution in [2.45, 2.75) is 13.3 Å². The first-order valence-electron chi connectivity index (χ1n) is 4.85. The molecule has 1 aromatic carbocycles. The molecule has 82 valence electrons. The molecule has 5 heteroatoms. The number of aryl methyl sites for hydroxylation is 1. The highest BCUT2D eigenvalue weighted by Crippen LogP contribution is 2.20. The zero-order valence-electron chi connectivity index (χ0n) is 8.61. The molecule has 0 fully saturated rings. The average Bonchev–Trinajstić information content (AvgIpc) is 2.28. The third-order valence-electron chi connectivity index (χ3n) is 2.05. The number of nitrogens with zero attached hydrogens (tertiary/aromatic N) is 3. The van der Waals surface area contributed by atoms with Gasteiger partial charge in [0.1, 0.15) is 5.82 Å². The lowest BCUT2D eigenvalue weighted by atomic mass is 10.2. The van der Waals surface area contributed by atoms with Crippen molar-refractivity contribution >= 4 is 23.2 Å². The Hall–Kier alpha value is -1.19. The van der Waals surface area contributed by atoms with Crippen LogP contribution in [0.2, 0.25) is 10.3 Å². The van der Waals surface area contributed by atoms with Crippen LogP contribution in [-0.4, -0.2) is 15.0 Å². The highest BCUT2D eigenvalue weighted by atomic mass is 35.5. The first-order chi connectivity index (χ1) is 7.69. The minimum Gasteiger partial charge on any atom is -0.213 e. The van der Waals surface area contributed by atoms with E-state index in [0.717, 1.165) is 12.0 Å². The van der Waals surface area contributed by atoms with Crippen LogP contribution in [0.3, 0.4) is 0 Å². The van der Waals surface area contributed by atoms with Gasteiger partial charge in [-0.3, -0.25) is 0 Å². The highest BCUT2D eigenvalue weighted by molar-refractivity contribution is 6.30. The number of hydrogen-bond acceptors (Lipinski definition) is 3. The number of benzene rings is 1. The molecule has 0 aliphatic rings. The van der Waals surface area contributed by atoms with E-state index < -0.39 is 0 Å². The Morgan fingerprint density at radius 3 is 2.62 bits per heavy atom. The number of halogens is 2. The van der Waals surface area contributed by atoms with Crippen molar-refractivity contribution < 1.29 is 0 Å². The SMILES string of the molecule is CCc1nc(Cl)nc(-c2cccc(Cl)c2)n1. The summed E-state index contributed by atoms with van der Waals surface area (Å²) in [7, 11) is 0. The lowest BCUT2D eigenvalue weighted by Crippen LogP contribution is -1.99. The van der Waals surface area contributed by atoms with Crippen LogP contribution < -0.4 is 0 Å². The van der Waals surface area contributed by atoms with Crippen LogP contribution in [-0.2, 0) is 6.42 Å². The Kier molecular flexibility index (Phi) is 3.36. The van der Waals surface area contributed by atoms with Crippen LogP contribution in [0.1, 0.15) is 12.7 Å². The fourth-order valence-corrected chi connectivity index (χ4v) is 1.67. The first kappa shape index (κ1) is 11.3. The summed E-state index contributed by atoms with van der Waals surface area (Å²) in [6, 6.07) is 7.33. The van der Waals surface area contributed by atoms with Gasteiger partial charge in [0.15, 0.2) is 5.82 Å². The van der Waals surface area contributed by atoms with Crippen molar-refractivity contribution in [3.8, 4) is 11.4 Å². The first-order valence-corrected chi connectivity index (χ1v) is 5.61. The van der Waals surface area contributed by atoms with Gasteiger partial charge in [0.2, 0.25) is 5.28 Å². The van der Waals surface area contributed by atoms with E-state index in [1.807, 2.05) is 19.1 Å². The molecule has 2 rings (SSSR count). The summed E-state index contributed by atoms with van der Waals surface area (Å²) in [4.78, 5) is 12.4. The average molecular weight is 254 g/mol. The van der Waals surface area contributed by atoms with Gasteiger partial charge >= 0.3 is 0 Å². The Balaban J connectivity index is 2.51. The zero-order valence-corrected chi connectivity index (χ0v) is 10.1. The molecule has 0 bridgehead atoms. The third-order valence-corrected chi connectivity index (χ3v) is 2.46. The fraction of sp³-hybridized carbons (Fsp3) is 0.182. The summed E-state index contributed by atoms with van der Waals surface area (Å²) in [6.07, 6.45) is 0.718. The van der Waals surface area contributed by atoms with Gasteiger partial charge in [-0.05, 0) is 23.7 Å². The molecule has 2 aromatic rings. The molecule has 0 aliphatic carbocycles. The van der Waals surface area contributed by atoms with Gasteiger partial charge in [0, 0.05) is 17.0 Å². The quantitative estimate of drug-likeness (QED) is 0.824. The van der Waals surface area contributed by atoms with Gasteiger partial charge in [-0.2, -0.15) is 4.98 Å². The van der Waals surface area contributed by atoms with Gasteiger partial charge in [-0.1, -0.05) is 30.7 Å². The number of aromatic nitrogens is 3. The molecule has 1 heterocycles. The number of hydrogen-bond donors (Lipinski definition) is 0. The van der Waals surface area contributed by atoms with Gasteiger partial charge in [-0.15, -0.1) is 0 Å². The molecule has 0 saturated heterocycles. The van der Waals surface area contributed by atoms with Crippen LogP contribution in [0.15, 0.2) is 24.3 Å². The molecule has 0 saturated carbocycles. The second-order valence-electron chi connectivity index (χ2n) is 3.21. The summed E-state index contributed by atoms with van der Waals surface area (Å²) in [5, 5.41) is 0.855. The molecule has 0 radical (unpaired) electrons. The summed E-state index contributed by atoms with van der Waals surface area (Å²) in [5.41, 5.74) is 0.839. The predicted octanol–water partition coefficient (Wildman–Crippen LogP) is 3.41. The number of rotatable bonds is 2. The van der Waals surface area contributed by atoms with E-state index in [9.17, 15) is 0 Å². The van der Waals surface area contributed by atoms with Crippen LogP contribution in [0, 0.1) is 0 Å². The van der Waals surface area contributed by atoms with Gasteiger partial charge in [0.25, 0.3) is 0 Å². The smallest absolute Gasteiger partial charge is 0.213 e. The second-order valence-corrected chi connectivity index (χ2v) is 3.98.